The fourth-order valence-corrected chi connectivity index (χ4v) is 3.56. The number of methoxy groups -OCH3 is 1. The predicted octanol–water partition coefficient (Wildman–Crippen LogP) is 3.91. The molecule has 0 spiro atoms. The topological polar surface area (TPSA) is 53.5 Å². The molecule has 0 amide bonds. The van der Waals surface area contributed by atoms with Crippen LogP contribution in [0.25, 0.3) is 0 Å². The molecular weight excluding hydrogens is 367 g/mol. The van der Waals surface area contributed by atoms with Gasteiger partial charge < -0.3 is 20.4 Å². The fraction of sp³-hybridized carbons (Fsp3) is 0.182. The molecule has 28 heavy (non-hydrogen) atoms. The third-order valence-electron chi connectivity index (χ3n) is 4.37. The fourth-order valence-electron chi connectivity index (χ4n) is 2.77. The Balaban J connectivity index is 1.45. The first-order valence-corrected chi connectivity index (χ1v) is 10.1. The summed E-state index contributed by atoms with van der Waals surface area (Å²) in [4.78, 5) is 1.30. The highest BCUT2D eigenvalue weighted by molar-refractivity contribution is 7.99. The number of phenolic OH excluding ortho intramolecular Hbond substituents is 1. The number of anilines is 1. The van der Waals surface area contributed by atoms with Gasteiger partial charge in [-0.15, -0.1) is 11.8 Å². The number of thioether (sulfide) groups is 1. The first-order chi connectivity index (χ1) is 13.7. The van der Waals surface area contributed by atoms with Crippen LogP contribution in [-0.4, -0.2) is 25.5 Å². The molecule has 0 fully saturated rings. The maximum absolute atomic E-state index is 10.2. The van der Waals surface area contributed by atoms with E-state index in [1.54, 1.807) is 24.9 Å². The zero-order valence-corrected chi connectivity index (χ0v) is 16.9. The number of benzene rings is 3. The Morgan fingerprint density at radius 2 is 1.79 bits per heavy atom. The molecule has 0 aliphatic rings. The van der Waals surface area contributed by atoms with Gasteiger partial charge in [-0.25, -0.2) is 0 Å². The monoisotopic (exact) mass is 391 g/mol. The first-order valence-electron chi connectivity index (χ1n) is 9.11. The summed E-state index contributed by atoms with van der Waals surface area (Å²) in [5, 5.41) is 16.8. The largest absolute Gasteiger partial charge is 0.504 e. The van der Waals surface area contributed by atoms with Crippen molar-refractivity contribution in [1.29, 1.82) is 0 Å². The molecule has 1 radical (unpaired) electrons. The van der Waals surface area contributed by atoms with Gasteiger partial charge in [-0.05, 0) is 36.8 Å². The molecule has 3 rings (SSSR count). The zero-order valence-electron chi connectivity index (χ0n) is 16.1. The van der Waals surface area contributed by atoms with E-state index in [2.05, 4.69) is 53.9 Å². The van der Waals surface area contributed by atoms with Gasteiger partial charge in [0.2, 0.25) is 7.41 Å². The van der Waals surface area contributed by atoms with Gasteiger partial charge in [0.1, 0.15) is 0 Å². The predicted molar refractivity (Wildman–Crippen MR) is 119 cm³/mol. The Kier molecular flexibility index (Phi) is 7.28. The van der Waals surface area contributed by atoms with Crippen LogP contribution in [0.4, 0.5) is 5.69 Å². The van der Waals surface area contributed by atoms with Crippen LogP contribution < -0.4 is 20.7 Å². The molecule has 0 bridgehead atoms. The van der Waals surface area contributed by atoms with E-state index in [4.69, 9.17) is 4.74 Å². The minimum atomic E-state index is 0.179. The quantitative estimate of drug-likeness (QED) is 0.224. The minimum Gasteiger partial charge on any atom is -0.504 e. The second-order valence-electron chi connectivity index (χ2n) is 6.35. The van der Waals surface area contributed by atoms with E-state index in [-0.39, 0.29) is 5.75 Å². The maximum Gasteiger partial charge on any atom is 0.245 e. The smallest absolute Gasteiger partial charge is 0.245 e. The van der Waals surface area contributed by atoms with Crippen LogP contribution in [-0.2, 0) is 6.54 Å². The van der Waals surface area contributed by atoms with Gasteiger partial charge in [0, 0.05) is 28.6 Å². The molecule has 3 aromatic carbocycles. The lowest BCUT2D eigenvalue weighted by atomic mass is 9.83. The van der Waals surface area contributed by atoms with Crippen molar-refractivity contribution in [2.45, 2.75) is 18.4 Å². The summed E-state index contributed by atoms with van der Waals surface area (Å²) in [6.07, 6.45) is 0. The number of para-hydroxylation sites is 1. The summed E-state index contributed by atoms with van der Waals surface area (Å²) in [5.74, 6) is 1.48. The Morgan fingerprint density at radius 3 is 2.54 bits per heavy atom. The highest BCUT2D eigenvalue weighted by Crippen LogP contribution is 2.29. The van der Waals surface area contributed by atoms with E-state index in [0.717, 1.165) is 22.6 Å². The van der Waals surface area contributed by atoms with Crippen LogP contribution >= 0.6 is 11.8 Å². The van der Waals surface area contributed by atoms with Crippen LogP contribution in [0.5, 0.6) is 11.5 Å². The van der Waals surface area contributed by atoms with Crippen molar-refractivity contribution >= 4 is 30.3 Å². The summed E-state index contributed by atoms with van der Waals surface area (Å²) in [7, 11) is 3.57. The van der Waals surface area contributed by atoms with Gasteiger partial charge in [-0.2, -0.15) is 0 Å². The van der Waals surface area contributed by atoms with Gasteiger partial charge >= 0.3 is 0 Å². The van der Waals surface area contributed by atoms with Crippen molar-refractivity contribution in [3.05, 3.63) is 77.9 Å². The van der Waals surface area contributed by atoms with Crippen molar-refractivity contribution in [3.63, 3.8) is 0 Å². The summed E-state index contributed by atoms with van der Waals surface area (Å²) >= 11 is 1.79. The first kappa shape index (κ1) is 20.2. The second-order valence-corrected chi connectivity index (χ2v) is 7.36. The molecule has 143 valence electrons. The molecule has 3 aromatic rings. The average Bonchev–Trinajstić information content (AvgIpc) is 2.72. The standard InChI is InChI=1S/C22H24BN2O2S/c1-16-6-3-4-9-21(16)28-15-25-23-18-10-12-19(13-11-18)24-14-17-7-5-8-20(27-2)22(17)26/h3-13,24-26H,14-15H2,1-2H3. The van der Waals surface area contributed by atoms with Crippen LogP contribution in [0.3, 0.4) is 0 Å². The third-order valence-corrected chi connectivity index (χ3v) is 5.45. The van der Waals surface area contributed by atoms with E-state index in [0.29, 0.717) is 12.3 Å². The highest BCUT2D eigenvalue weighted by Gasteiger charge is 2.07. The van der Waals surface area contributed by atoms with E-state index >= 15 is 0 Å². The number of aromatic hydroxyl groups is 1. The molecular formula is C22H24BN2O2S. The van der Waals surface area contributed by atoms with Crippen molar-refractivity contribution < 1.29 is 9.84 Å². The summed E-state index contributed by atoms with van der Waals surface area (Å²) in [6, 6.07) is 22.0. The lowest BCUT2D eigenvalue weighted by Gasteiger charge is -2.11. The Morgan fingerprint density at radius 1 is 1.00 bits per heavy atom. The minimum absolute atomic E-state index is 0.179. The number of aryl methyl sites for hydroxylation is 1. The SMILES string of the molecule is COc1cccc(CNc2ccc([B]NCSc3ccccc3C)cc2)c1O. The molecule has 0 aliphatic carbocycles. The molecule has 0 saturated heterocycles. The number of phenols is 1. The van der Waals surface area contributed by atoms with Gasteiger partial charge in [0.25, 0.3) is 0 Å². The maximum atomic E-state index is 10.2. The van der Waals surface area contributed by atoms with Crippen LogP contribution in [0, 0.1) is 6.92 Å². The molecule has 6 heteroatoms. The highest BCUT2D eigenvalue weighted by atomic mass is 32.2. The van der Waals surface area contributed by atoms with Crippen LogP contribution in [0.1, 0.15) is 11.1 Å². The zero-order chi connectivity index (χ0) is 19.8. The molecule has 4 nitrogen and oxygen atoms in total. The molecule has 0 aromatic heterocycles. The molecule has 0 unspecified atom stereocenters. The second kappa shape index (κ2) is 10.1. The molecule has 0 heterocycles. The van der Waals surface area contributed by atoms with Crippen molar-refractivity contribution in [3.8, 4) is 11.5 Å². The number of hydrogen-bond donors (Lipinski definition) is 3. The molecule has 3 N–H and O–H groups in total. The number of ether oxygens (including phenoxy) is 1. The van der Waals surface area contributed by atoms with Gasteiger partial charge in [-0.1, -0.05) is 47.9 Å². The van der Waals surface area contributed by atoms with Gasteiger partial charge in [0.15, 0.2) is 11.5 Å². The third kappa shape index (κ3) is 5.47. The molecule has 0 aliphatic heterocycles. The number of nitrogens with one attached hydrogen (secondary N) is 2. The van der Waals surface area contributed by atoms with Crippen molar-refractivity contribution in [2.24, 2.45) is 0 Å². The molecule has 0 atom stereocenters. The summed E-state index contributed by atoms with van der Waals surface area (Å²) < 4.78 is 5.14. The van der Waals surface area contributed by atoms with E-state index in [1.165, 1.54) is 10.5 Å². The lowest BCUT2D eigenvalue weighted by molar-refractivity contribution is 0.371. The Hall–Kier alpha value is -2.57. The van der Waals surface area contributed by atoms with Crippen LogP contribution in [0.15, 0.2) is 71.6 Å². The lowest BCUT2D eigenvalue weighted by Crippen LogP contribution is -2.29. The summed E-state index contributed by atoms with van der Waals surface area (Å²) in [6.45, 7) is 2.65. The summed E-state index contributed by atoms with van der Waals surface area (Å²) in [5.41, 5.74) is 4.20. The van der Waals surface area contributed by atoms with Gasteiger partial charge in [-0.3, -0.25) is 0 Å². The van der Waals surface area contributed by atoms with E-state index < -0.39 is 0 Å². The Bertz CT molecular complexity index is 903. The number of hydrogen-bond acceptors (Lipinski definition) is 5. The Labute approximate surface area is 171 Å². The van der Waals surface area contributed by atoms with Gasteiger partial charge in [0.05, 0.1) is 7.11 Å². The molecule has 0 saturated carbocycles. The average molecular weight is 391 g/mol. The van der Waals surface area contributed by atoms with E-state index in [9.17, 15) is 5.11 Å². The normalized spacial score (nSPS) is 10.5. The number of rotatable bonds is 9. The van der Waals surface area contributed by atoms with Crippen LogP contribution in [0.2, 0.25) is 0 Å². The van der Waals surface area contributed by atoms with Crippen molar-refractivity contribution in [1.82, 2.24) is 5.23 Å². The van der Waals surface area contributed by atoms with Crippen molar-refractivity contribution in [2.75, 3.05) is 18.3 Å². The van der Waals surface area contributed by atoms with E-state index in [1.807, 2.05) is 31.7 Å².